The smallest absolute Gasteiger partial charge is 1.00 e. The summed E-state index contributed by atoms with van der Waals surface area (Å²) in [4.78, 5) is 0. The van der Waals surface area contributed by atoms with Gasteiger partial charge in [0.1, 0.15) is 0 Å². The zero-order valence-corrected chi connectivity index (χ0v) is 8.78. The molecular formula is H4Br2CaClN. The fourth-order valence-corrected chi connectivity index (χ4v) is 0. The van der Waals surface area contributed by atoms with Crippen LogP contribution in [0.4, 0.5) is 0 Å². The van der Waals surface area contributed by atoms with E-state index in [-0.39, 0.29) is 90.3 Å². The van der Waals surface area contributed by atoms with Gasteiger partial charge in [0.25, 0.3) is 0 Å². The first-order valence-corrected chi connectivity index (χ1v) is 0. The first-order valence-electron chi connectivity index (χ1n) is 0. The molecule has 0 saturated heterocycles. The maximum Gasteiger partial charge on any atom is 2.00 e. The first kappa shape index (κ1) is 51.3. The van der Waals surface area contributed by atoms with Crippen molar-refractivity contribution in [1.82, 2.24) is 6.15 Å². The van der Waals surface area contributed by atoms with Crippen LogP contribution in [0.1, 0.15) is 0 Å². The topological polar surface area (TPSA) is 35.0 Å². The average molecular weight is 253 g/mol. The van der Waals surface area contributed by atoms with Crippen molar-refractivity contribution in [1.29, 1.82) is 0 Å². The van der Waals surface area contributed by atoms with Gasteiger partial charge in [0.15, 0.2) is 0 Å². The van der Waals surface area contributed by atoms with E-state index in [1.54, 1.807) is 0 Å². The second-order valence-corrected chi connectivity index (χ2v) is 0. The Morgan fingerprint density at radius 3 is 0.800 bits per heavy atom. The van der Waals surface area contributed by atoms with Gasteiger partial charge in [0.2, 0.25) is 0 Å². The van der Waals surface area contributed by atoms with Crippen molar-refractivity contribution >= 4 is 50.1 Å². The number of hydrogen-bond acceptors (Lipinski definition) is 1. The standard InChI is InChI=1S/2BrH.Ca.ClH.H3N/h2*1H;;1H;1H3/q;;+2;;/p-2. The zero-order valence-electron chi connectivity index (χ0n) is 2.58. The van der Waals surface area contributed by atoms with Crippen LogP contribution in [0.3, 0.4) is 0 Å². The molecule has 0 aromatic carbocycles. The Balaban J connectivity index is 0. The Morgan fingerprint density at radius 2 is 0.800 bits per heavy atom. The largest absolute Gasteiger partial charge is 2.00 e. The molecular weight excluding hydrogens is 249 g/mol. The molecule has 0 fully saturated rings. The van der Waals surface area contributed by atoms with Crippen LogP contribution in [0.25, 0.3) is 0 Å². The van der Waals surface area contributed by atoms with Crippen LogP contribution in [-0.2, 0) is 0 Å². The first-order chi connectivity index (χ1) is 0. The fraction of sp³-hybridized carbons (Fsp3) is 0. The summed E-state index contributed by atoms with van der Waals surface area (Å²) in [5.74, 6) is 0. The number of halogens is 3. The Bertz CT molecular complexity index is 9.61. The molecule has 0 aliphatic carbocycles. The maximum absolute atomic E-state index is 0. The minimum Gasteiger partial charge on any atom is -1.00 e. The molecule has 0 atom stereocenters. The Morgan fingerprint density at radius 1 is 0.800 bits per heavy atom. The second kappa shape index (κ2) is 31.7. The summed E-state index contributed by atoms with van der Waals surface area (Å²) < 4.78 is 0. The molecule has 0 rings (SSSR count). The normalized spacial score (nSPS) is 0. The van der Waals surface area contributed by atoms with Gasteiger partial charge >= 0.3 is 37.7 Å². The van der Waals surface area contributed by atoms with E-state index in [1.807, 2.05) is 0 Å². The SMILES string of the molecule is Cl.N.[Br-].[Br-].[Ca+2]. The van der Waals surface area contributed by atoms with Crippen LogP contribution in [0.2, 0.25) is 0 Å². The monoisotopic (exact) mass is 251 g/mol. The molecule has 1 nitrogen and oxygen atoms in total. The summed E-state index contributed by atoms with van der Waals surface area (Å²) in [7, 11) is 0. The molecule has 0 aromatic rings. The van der Waals surface area contributed by atoms with Gasteiger partial charge in [-0.2, -0.15) is 0 Å². The predicted octanol–water partition coefficient (Wildman–Crippen LogP) is -5.79. The molecule has 0 aliphatic heterocycles. The van der Waals surface area contributed by atoms with Crippen molar-refractivity contribution < 1.29 is 34.0 Å². The Labute approximate surface area is 88.8 Å². The summed E-state index contributed by atoms with van der Waals surface area (Å²) in [6, 6.07) is 0. The van der Waals surface area contributed by atoms with Crippen LogP contribution in [0, 0.1) is 0 Å². The van der Waals surface area contributed by atoms with Crippen LogP contribution >= 0.6 is 12.4 Å². The number of hydrogen-bond donors (Lipinski definition) is 1. The van der Waals surface area contributed by atoms with Gasteiger partial charge in [-0.1, -0.05) is 0 Å². The minimum absolute atomic E-state index is 0. The van der Waals surface area contributed by atoms with E-state index < -0.39 is 0 Å². The summed E-state index contributed by atoms with van der Waals surface area (Å²) in [5.41, 5.74) is 0. The molecule has 0 unspecified atom stereocenters. The van der Waals surface area contributed by atoms with Gasteiger partial charge in [0, 0.05) is 0 Å². The van der Waals surface area contributed by atoms with Gasteiger partial charge in [-0.3, -0.25) is 0 Å². The third-order valence-corrected chi connectivity index (χ3v) is 0. The van der Waals surface area contributed by atoms with Crippen molar-refractivity contribution in [3.63, 3.8) is 0 Å². The van der Waals surface area contributed by atoms with Gasteiger partial charge in [0.05, 0.1) is 0 Å². The van der Waals surface area contributed by atoms with Crippen LogP contribution in [-0.4, -0.2) is 37.7 Å². The van der Waals surface area contributed by atoms with Gasteiger partial charge < -0.3 is 40.1 Å². The molecule has 32 valence electrons. The van der Waals surface area contributed by atoms with E-state index in [4.69, 9.17) is 0 Å². The molecule has 0 spiro atoms. The molecule has 0 heterocycles. The Hall–Kier alpha value is 2.47. The van der Waals surface area contributed by atoms with Gasteiger partial charge in [-0.15, -0.1) is 12.4 Å². The van der Waals surface area contributed by atoms with Crippen LogP contribution < -0.4 is 40.1 Å². The van der Waals surface area contributed by atoms with Crippen molar-refractivity contribution in [2.24, 2.45) is 0 Å². The van der Waals surface area contributed by atoms with E-state index in [0.717, 1.165) is 0 Å². The van der Waals surface area contributed by atoms with Gasteiger partial charge in [-0.05, 0) is 0 Å². The number of rotatable bonds is 0. The molecule has 3 N–H and O–H groups in total. The maximum atomic E-state index is 0. The molecule has 0 amide bonds. The molecule has 0 saturated carbocycles. The van der Waals surface area contributed by atoms with E-state index in [1.165, 1.54) is 0 Å². The minimum atomic E-state index is 0. The van der Waals surface area contributed by atoms with E-state index in [9.17, 15) is 0 Å². The summed E-state index contributed by atoms with van der Waals surface area (Å²) >= 11 is 0. The van der Waals surface area contributed by atoms with E-state index in [0.29, 0.717) is 0 Å². The van der Waals surface area contributed by atoms with E-state index >= 15 is 0 Å². The quantitative estimate of drug-likeness (QED) is 0.429. The summed E-state index contributed by atoms with van der Waals surface area (Å²) in [6.07, 6.45) is 0. The van der Waals surface area contributed by atoms with Crippen molar-refractivity contribution in [2.45, 2.75) is 0 Å². The van der Waals surface area contributed by atoms with Crippen molar-refractivity contribution in [3.05, 3.63) is 0 Å². The summed E-state index contributed by atoms with van der Waals surface area (Å²) in [6.45, 7) is 0. The molecule has 0 aliphatic rings. The Kier molecular flexibility index (Phi) is 325. The third-order valence-electron chi connectivity index (χ3n) is 0. The van der Waals surface area contributed by atoms with Crippen molar-refractivity contribution in [3.8, 4) is 0 Å². The second-order valence-electron chi connectivity index (χ2n) is 0. The van der Waals surface area contributed by atoms with Crippen LogP contribution in [0.15, 0.2) is 0 Å². The molecule has 0 aromatic heterocycles. The molecule has 0 radical (unpaired) electrons. The predicted molar refractivity (Wildman–Crippen MR) is 18.0 cm³/mol. The average Bonchev–Trinajstić information content (AvgIpc) is 0. The molecule has 5 heteroatoms. The van der Waals surface area contributed by atoms with Crippen molar-refractivity contribution in [2.75, 3.05) is 0 Å². The van der Waals surface area contributed by atoms with E-state index in [2.05, 4.69) is 0 Å². The summed E-state index contributed by atoms with van der Waals surface area (Å²) in [5, 5.41) is 0. The molecule has 5 heavy (non-hydrogen) atoms. The molecule has 0 bridgehead atoms. The van der Waals surface area contributed by atoms with Crippen LogP contribution in [0.5, 0.6) is 0 Å². The van der Waals surface area contributed by atoms with Gasteiger partial charge in [-0.25, -0.2) is 0 Å². The third kappa shape index (κ3) is 21.2. The fourth-order valence-electron chi connectivity index (χ4n) is 0. The zero-order chi connectivity index (χ0) is 0.